The lowest BCUT2D eigenvalue weighted by Gasteiger charge is -2.32. The number of aromatic nitrogens is 4. The molecule has 0 atom stereocenters. The molecule has 1 aromatic carbocycles. The number of carbonyl (C=O) groups is 2. The predicted molar refractivity (Wildman–Crippen MR) is 150 cm³/mol. The van der Waals surface area contributed by atoms with Crippen molar-refractivity contribution < 1.29 is 27.5 Å². The Morgan fingerprint density at radius 1 is 0.952 bits per heavy atom. The highest BCUT2D eigenvalue weighted by atomic mass is 32.1. The maximum absolute atomic E-state index is 12.5. The summed E-state index contributed by atoms with van der Waals surface area (Å²) in [6.45, 7) is 1.55. The molecule has 4 heterocycles. The summed E-state index contributed by atoms with van der Waals surface area (Å²) in [7, 11) is 0. The van der Waals surface area contributed by atoms with Crippen molar-refractivity contribution in [2.45, 2.75) is 38.0 Å². The lowest BCUT2D eigenvalue weighted by atomic mass is 9.97. The topological polar surface area (TPSA) is 122 Å². The summed E-state index contributed by atoms with van der Waals surface area (Å²) >= 11 is 1.39. The highest BCUT2D eigenvalue weighted by Crippen LogP contribution is 2.33. The fourth-order valence-electron chi connectivity index (χ4n) is 4.56. The summed E-state index contributed by atoms with van der Waals surface area (Å²) in [5.74, 6) is -0.390. The normalized spacial score (nSPS) is 13.9. The quantitative estimate of drug-likeness (QED) is 0.277. The zero-order chi connectivity index (χ0) is 29.5. The monoisotopic (exact) mass is 597 g/mol. The van der Waals surface area contributed by atoms with Gasteiger partial charge in [-0.1, -0.05) is 29.5 Å². The van der Waals surface area contributed by atoms with Crippen molar-refractivity contribution in [1.82, 2.24) is 20.2 Å². The van der Waals surface area contributed by atoms with Gasteiger partial charge in [-0.25, -0.2) is 4.98 Å². The van der Waals surface area contributed by atoms with E-state index in [0.717, 1.165) is 42.2 Å². The number of hydrogen-bond donors (Lipinski definition) is 2. The van der Waals surface area contributed by atoms with Crippen molar-refractivity contribution in [3.63, 3.8) is 0 Å². The zero-order valence-corrected chi connectivity index (χ0v) is 23.0. The Morgan fingerprint density at radius 2 is 1.71 bits per heavy atom. The number of halogens is 3. The van der Waals surface area contributed by atoms with Crippen molar-refractivity contribution in [2.75, 3.05) is 28.6 Å². The number of ether oxygens (including phenoxy) is 1. The van der Waals surface area contributed by atoms with Gasteiger partial charge >= 0.3 is 6.36 Å². The van der Waals surface area contributed by atoms with Crippen molar-refractivity contribution in [3.05, 3.63) is 83.3 Å². The van der Waals surface area contributed by atoms with E-state index in [2.05, 4.69) is 40.4 Å². The number of hydrogen-bond acceptors (Lipinski definition) is 9. The number of nitrogens with one attached hydrogen (secondary N) is 2. The number of nitrogens with zero attached hydrogens (tertiary/aromatic N) is 5. The molecule has 0 radical (unpaired) electrons. The SMILES string of the molecule is O=C(Cc1cccc(OC(F)(F)F)c1)Nc1ccc(N2CCC(c3nnc(NC(=O)Cc4cccnc4)s3)CC2)cn1. The van der Waals surface area contributed by atoms with Crippen molar-refractivity contribution in [3.8, 4) is 5.75 Å². The Kier molecular flexibility index (Phi) is 8.91. The molecule has 0 saturated carbocycles. The van der Waals surface area contributed by atoms with E-state index in [1.54, 1.807) is 36.8 Å². The Morgan fingerprint density at radius 3 is 2.43 bits per heavy atom. The molecule has 10 nitrogen and oxygen atoms in total. The first-order valence-electron chi connectivity index (χ1n) is 13.1. The van der Waals surface area contributed by atoms with Crippen LogP contribution in [0.25, 0.3) is 0 Å². The van der Waals surface area contributed by atoms with Crippen LogP contribution in [-0.4, -0.2) is 51.4 Å². The Labute approximate surface area is 243 Å². The Bertz CT molecular complexity index is 1510. The van der Waals surface area contributed by atoms with E-state index < -0.39 is 12.3 Å². The maximum atomic E-state index is 12.5. The number of pyridine rings is 2. The average Bonchev–Trinajstić information content (AvgIpc) is 3.41. The van der Waals surface area contributed by atoms with E-state index in [1.165, 1.54) is 29.5 Å². The highest BCUT2D eigenvalue weighted by molar-refractivity contribution is 7.15. The molecule has 0 bridgehead atoms. The van der Waals surface area contributed by atoms with Crippen LogP contribution in [0.5, 0.6) is 5.75 Å². The van der Waals surface area contributed by atoms with E-state index in [4.69, 9.17) is 0 Å². The highest BCUT2D eigenvalue weighted by Gasteiger charge is 2.31. The standard InChI is InChI=1S/C28H26F3N7O3S/c29-28(30,31)41-22-5-1-3-18(13-22)14-24(39)34-23-7-6-21(17-33-23)38-11-8-20(9-12-38)26-36-37-27(42-26)35-25(40)15-19-4-2-10-32-16-19/h1-7,10,13,16-17,20H,8-9,11-12,14-15H2,(H,33,34,39)(H,35,37,40). The van der Waals surface area contributed by atoms with Crippen LogP contribution in [0.1, 0.15) is 34.9 Å². The van der Waals surface area contributed by atoms with Gasteiger partial charge in [0, 0.05) is 31.4 Å². The zero-order valence-electron chi connectivity index (χ0n) is 22.2. The molecule has 1 aliphatic heterocycles. The summed E-state index contributed by atoms with van der Waals surface area (Å²) in [4.78, 5) is 35.3. The minimum atomic E-state index is -4.80. The summed E-state index contributed by atoms with van der Waals surface area (Å²) in [5.41, 5.74) is 2.11. The van der Waals surface area contributed by atoms with Crippen LogP contribution in [0.2, 0.25) is 0 Å². The summed E-state index contributed by atoms with van der Waals surface area (Å²) in [6.07, 6.45) is 1.98. The molecule has 0 spiro atoms. The second-order valence-electron chi connectivity index (χ2n) is 9.61. The second-order valence-corrected chi connectivity index (χ2v) is 10.6. The molecule has 3 aromatic heterocycles. The van der Waals surface area contributed by atoms with Crippen LogP contribution in [0.3, 0.4) is 0 Å². The van der Waals surface area contributed by atoms with E-state index >= 15 is 0 Å². The molecule has 2 amide bonds. The number of alkyl halides is 3. The molecular weight excluding hydrogens is 571 g/mol. The average molecular weight is 598 g/mol. The van der Waals surface area contributed by atoms with Gasteiger partial charge in [-0.15, -0.1) is 23.4 Å². The fourth-order valence-corrected chi connectivity index (χ4v) is 5.49. The summed E-state index contributed by atoms with van der Waals surface area (Å²) in [5, 5.41) is 15.3. The van der Waals surface area contributed by atoms with Crippen molar-refractivity contribution in [1.29, 1.82) is 0 Å². The van der Waals surface area contributed by atoms with Gasteiger partial charge in [-0.2, -0.15) is 0 Å². The van der Waals surface area contributed by atoms with Gasteiger partial charge in [-0.05, 0) is 54.3 Å². The largest absolute Gasteiger partial charge is 0.573 e. The molecule has 14 heteroatoms. The molecule has 0 unspecified atom stereocenters. The molecule has 0 aliphatic carbocycles. The number of anilines is 3. The summed E-state index contributed by atoms with van der Waals surface area (Å²) < 4.78 is 41.3. The molecular formula is C28H26F3N7O3S. The van der Waals surface area contributed by atoms with Gasteiger partial charge in [0.15, 0.2) is 0 Å². The van der Waals surface area contributed by atoms with Crippen molar-refractivity contribution in [2.24, 2.45) is 0 Å². The number of carbonyl (C=O) groups excluding carboxylic acids is 2. The molecule has 1 aliphatic rings. The third kappa shape index (κ3) is 8.22. The lowest BCUT2D eigenvalue weighted by Crippen LogP contribution is -2.32. The lowest BCUT2D eigenvalue weighted by molar-refractivity contribution is -0.274. The molecule has 5 rings (SSSR count). The third-order valence-electron chi connectivity index (χ3n) is 6.50. The molecule has 1 saturated heterocycles. The van der Waals surface area contributed by atoms with Crippen LogP contribution in [0.4, 0.5) is 29.8 Å². The number of rotatable bonds is 9. The molecule has 1 fully saturated rings. The van der Waals surface area contributed by atoms with Crippen LogP contribution in [-0.2, 0) is 22.4 Å². The van der Waals surface area contributed by atoms with E-state index in [-0.39, 0.29) is 30.4 Å². The first-order valence-corrected chi connectivity index (χ1v) is 13.9. The molecule has 2 N–H and O–H groups in total. The van der Waals surface area contributed by atoms with Crippen LogP contribution >= 0.6 is 11.3 Å². The predicted octanol–water partition coefficient (Wildman–Crippen LogP) is 4.97. The fraction of sp³-hybridized carbons (Fsp3) is 0.286. The van der Waals surface area contributed by atoms with Crippen LogP contribution in [0, 0.1) is 0 Å². The molecule has 42 heavy (non-hydrogen) atoms. The molecule has 4 aromatic rings. The van der Waals surface area contributed by atoms with Crippen LogP contribution in [0.15, 0.2) is 67.1 Å². The maximum Gasteiger partial charge on any atom is 0.573 e. The van der Waals surface area contributed by atoms with Gasteiger partial charge in [-0.3, -0.25) is 14.6 Å². The minimum Gasteiger partial charge on any atom is -0.406 e. The third-order valence-corrected chi connectivity index (χ3v) is 7.50. The first-order chi connectivity index (χ1) is 20.2. The van der Waals surface area contributed by atoms with Gasteiger partial charge in [0.25, 0.3) is 0 Å². The van der Waals surface area contributed by atoms with Crippen LogP contribution < -0.4 is 20.3 Å². The summed E-state index contributed by atoms with van der Waals surface area (Å²) in [6, 6.07) is 12.5. The van der Waals surface area contributed by atoms with Crippen molar-refractivity contribution >= 4 is 39.8 Å². The molecule has 218 valence electrons. The first kappa shape index (κ1) is 28.9. The van der Waals surface area contributed by atoms with Gasteiger partial charge in [0.1, 0.15) is 16.6 Å². The smallest absolute Gasteiger partial charge is 0.406 e. The van der Waals surface area contributed by atoms with E-state index in [9.17, 15) is 22.8 Å². The van der Waals surface area contributed by atoms with E-state index in [0.29, 0.717) is 16.5 Å². The number of amides is 2. The number of benzene rings is 1. The van der Waals surface area contributed by atoms with Gasteiger partial charge < -0.3 is 20.3 Å². The Hall–Kier alpha value is -4.59. The van der Waals surface area contributed by atoms with Gasteiger partial charge in [0.05, 0.1) is 24.7 Å². The minimum absolute atomic E-state index is 0.131. The van der Waals surface area contributed by atoms with Gasteiger partial charge in [0.2, 0.25) is 16.9 Å². The Balaban J connectivity index is 1.08. The van der Waals surface area contributed by atoms with E-state index in [1.807, 2.05) is 12.1 Å². The second kappa shape index (κ2) is 12.9. The number of piperidine rings is 1.